The van der Waals surface area contributed by atoms with Gasteiger partial charge in [0.05, 0.1) is 15.1 Å². The summed E-state index contributed by atoms with van der Waals surface area (Å²) in [6, 6.07) is 11.3. The second kappa shape index (κ2) is 5.42. The van der Waals surface area contributed by atoms with Gasteiger partial charge >= 0.3 is 0 Å². The number of nitrogens with zero attached hydrogens (tertiary/aromatic N) is 1. The lowest BCUT2D eigenvalue weighted by atomic mass is 10.0. The zero-order valence-electron chi connectivity index (χ0n) is 11.1. The Hall–Kier alpha value is -1.40. The second-order valence-corrected chi connectivity index (χ2v) is 7.60. The van der Waals surface area contributed by atoms with Crippen LogP contribution in [0.25, 0.3) is 0 Å². The molecule has 21 heavy (non-hydrogen) atoms. The van der Waals surface area contributed by atoms with E-state index in [1.54, 1.807) is 6.07 Å². The van der Waals surface area contributed by atoms with Crippen molar-refractivity contribution in [3.63, 3.8) is 0 Å². The van der Waals surface area contributed by atoms with Gasteiger partial charge in [-0.2, -0.15) is 0 Å². The molecule has 2 aromatic rings. The minimum absolute atomic E-state index is 0.0279. The third-order valence-corrected chi connectivity index (χ3v) is 6.00. The lowest BCUT2D eigenvalue weighted by Gasteiger charge is -2.30. The average Bonchev–Trinajstić information content (AvgIpc) is 2.49. The summed E-state index contributed by atoms with van der Waals surface area (Å²) in [6.07, 6.45) is 1.62. The van der Waals surface area contributed by atoms with Crippen molar-refractivity contribution in [3.05, 3.63) is 58.3 Å². The quantitative estimate of drug-likeness (QED) is 0.808. The van der Waals surface area contributed by atoms with E-state index in [1.807, 2.05) is 18.2 Å². The van der Waals surface area contributed by atoms with Gasteiger partial charge in [-0.25, -0.2) is 12.8 Å². The Kier molecular flexibility index (Phi) is 3.75. The van der Waals surface area contributed by atoms with E-state index in [0.29, 0.717) is 12.2 Å². The molecule has 1 aliphatic heterocycles. The van der Waals surface area contributed by atoms with Crippen molar-refractivity contribution in [1.29, 1.82) is 0 Å². The van der Waals surface area contributed by atoms with E-state index in [-0.39, 0.29) is 9.37 Å². The smallest absolute Gasteiger partial charge is 0.264 e. The first-order valence-electron chi connectivity index (χ1n) is 6.56. The van der Waals surface area contributed by atoms with Gasteiger partial charge in [0, 0.05) is 6.54 Å². The topological polar surface area (TPSA) is 37.4 Å². The fourth-order valence-corrected chi connectivity index (χ4v) is 4.31. The molecule has 0 aliphatic carbocycles. The van der Waals surface area contributed by atoms with Gasteiger partial charge in [0.15, 0.2) is 0 Å². The van der Waals surface area contributed by atoms with Gasteiger partial charge in [0.2, 0.25) is 0 Å². The van der Waals surface area contributed by atoms with Crippen LogP contribution in [0.3, 0.4) is 0 Å². The maximum absolute atomic E-state index is 13.6. The molecule has 3 rings (SSSR count). The Labute approximate surface area is 131 Å². The van der Waals surface area contributed by atoms with Gasteiger partial charge in [0.1, 0.15) is 5.82 Å². The first-order chi connectivity index (χ1) is 10.00. The standard InChI is InChI=1S/C15H13BrFNO2S/c16-13-8-7-12(10-14(13)17)21(19,20)18-9-3-5-11-4-1-2-6-15(11)18/h1-2,4,6-8,10H,3,5,9H2. The SMILES string of the molecule is O=S(=O)(c1ccc(Br)c(F)c1)N1CCCc2ccccc21. The highest BCUT2D eigenvalue weighted by Gasteiger charge is 2.29. The molecule has 0 atom stereocenters. The molecule has 6 heteroatoms. The molecule has 0 saturated carbocycles. The van der Waals surface area contributed by atoms with Crippen LogP contribution in [0, 0.1) is 5.82 Å². The highest BCUT2D eigenvalue weighted by Crippen LogP contribution is 2.32. The number of aryl methyl sites for hydroxylation is 1. The fraction of sp³-hybridized carbons (Fsp3) is 0.200. The van der Waals surface area contributed by atoms with E-state index < -0.39 is 15.8 Å². The maximum Gasteiger partial charge on any atom is 0.264 e. The average molecular weight is 370 g/mol. The third-order valence-electron chi connectivity index (χ3n) is 3.55. The summed E-state index contributed by atoms with van der Waals surface area (Å²) in [5, 5.41) is 0. The Morgan fingerprint density at radius 3 is 2.67 bits per heavy atom. The van der Waals surface area contributed by atoms with Crippen LogP contribution < -0.4 is 4.31 Å². The Morgan fingerprint density at radius 2 is 1.90 bits per heavy atom. The molecule has 0 fully saturated rings. The largest absolute Gasteiger partial charge is 0.266 e. The lowest BCUT2D eigenvalue weighted by molar-refractivity contribution is 0.581. The summed E-state index contributed by atoms with van der Waals surface area (Å²) >= 11 is 3.03. The predicted octanol–water partition coefficient (Wildman–Crippen LogP) is 3.73. The molecule has 0 unspecified atom stereocenters. The number of para-hydroxylation sites is 1. The number of benzene rings is 2. The highest BCUT2D eigenvalue weighted by molar-refractivity contribution is 9.10. The molecule has 0 saturated heterocycles. The first-order valence-corrected chi connectivity index (χ1v) is 8.79. The zero-order chi connectivity index (χ0) is 15.0. The summed E-state index contributed by atoms with van der Waals surface area (Å²) in [5.41, 5.74) is 1.69. The van der Waals surface area contributed by atoms with Gasteiger partial charge in [-0.05, 0) is 58.6 Å². The summed E-state index contributed by atoms with van der Waals surface area (Å²) in [5.74, 6) is -0.582. The van der Waals surface area contributed by atoms with Crippen molar-refractivity contribution in [1.82, 2.24) is 0 Å². The van der Waals surface area contributed by atoms with Crippen molar-refractivity contribution < 1.29 is 12.8 Å². The molecule has 0 N–H and O–H groups in total. The predicted molar refractivity (Wildman–Crippen MR) is 83.4 cm³/mol. The summed E-state index contributed by atoms with van der Waals surface area (Å²) in [7, 11) is -3.74. The van der Waals surface area contributed by atoms with Gasteiger partial charge < -0.3 is 0 Å². The van der Waals surface area contributed by atoms with Crippen molar-refractivity contribution in [2.24, 2.45) is 0 Å². The number of sulfonamides is 1. The van der Waals surface area contributed by atoms with Crippen LogP contribution in [0.1, 0.15) is 12.0 Å². The minimum Gasteiger partial charge on any atom is -0.266 e. The molecule has 0 spiro atoms. The monoisotopic (exact) mass is 369 g/mol. The maximum atomic E-state index is 13.6. The van der Waals surface area contributed by atoms with Crippen molar-refractivity contribution in [2.45, 2.75) is 17.7 Å². The Bertz CT molecular complexity index is 792. The van der Waals surface area contributed by atoms with Crippen LogP contribution in [0.2, 0.25) is 0 Å². The van der Waals surface area contributed by atoms with Crippen molar-refractivity contribution >= 4 is 31.6 Å². The number of fused-ring (bicyclic) bond motifs is 1. The van der Waals surface area contributed by atoms with Gasteiger partial charge in [-0.15, -0.1) is 0 Å². The van der Waals surface area contributed by atoms with Gasteiger partial charge in [0.25, 0.3) is 10.0 Å². The molecule has 110 valence electrons. The van der Waals surface area contributed by atoms with Crippen LogP contribution in [0.5, 0.6) is 0 Å². The second-order valence-electron chi connectivity index (χ2n) is 4.89. The lowest BCUT2D eigenvalue weighted by Crippen LogP contribution is -2.35. The zero-order valence-corrected chi connectivity index (χ0v) is 13.5. The number of halogens is 2. The molecule has 0 aromatic heterocycles. The third kappa shape index (κ3) is 2.58. The molecule has 1 heterocycles. The van der Waals surface area contributed by atoms with E-state index in [2.05, 4.69) is 15.9 Å². The molecule has 0 bridgehead atoms. The number of hydrogen-bond donors (Lipinski definition) is 0. The van der Waals surface area contributed by atoms with Gasteiger partial charge in [-0.1, -0.05) is 18.2 Å². The summed E-state index contributed by atoms with van der Waals surface area (Å²) in [6.45, 7) is 0.414. The Morgan fingerprint density at radius 1 is 1.14 bits per heavy atom. The summed E-state index contributed by atoms with van der Waals surface area (Å²) in [4.78, 5) is -0.0279. The number of anilines is 1. The van der Waals surface area contributed by atoms with E-state index in [4.69, 9.17) is 0 Å². The van der Waals surface area contributed by atoms with Crippen LogP contribution in [-0.4, -0.2) is 15.0 Å². The molecular weight excluding hydrogens is 357 g/mol. The summed E-state index contributed by atoms with van der Waals surface area (Å²) < 4.78 is 40.8. The highest BCUT2D eigenvalue weighted by atomic mass is 79.9. The molecular formula is C15H13BrFNO2S. The number of rotatable bonds is 2. The minimum atomic E-state index is -3.74. The van der Waals surface area contributed by atoms with Crippen LogP contribution in [0.4, 0.5) is 10.1 Å². The van der Waals surface area contributed by atoms with E-state index in [9.17, 15) is 12.8 Å². The van der Waals surface area contributed by atoms with E-state index in [0.717, 1.165) is 24.5 Å². The molecule has 2 aromatic carbocycles. The Balaban J connectivity index is 2.09. The molecule has 0 amide bonds. The van der Waals surface area contributed by atoms with E-state index in [1.165, 1.54) is 16.4 Å². The normalized spacial score (nSPS) is 14.9. The van der Waals surface area contributed by atoms with Gasteiger partial charge in [-0.3, -0.25) is 4.31 Å². The number of hydrogen-bond acceptors (Lipinski definition) is 2. The fourth-order valence-electron chi connectivity index (χ4n) is 2.51. The van der Waals surface area contributed by atoms with Crippen LogP contribution in [-0.2, 0) is 16.4 Å². The van der Waals surface area contributed by atoms with Crippen LogP contribution >= 0.6 is 15.9 Å². The first kappa shape index (κ1) is 14.5. The molecule has 0 radical (unpaired) electrons. The molecule has 1 aliphatic rings. The van der Waals surface area contributed by atoms with E-state index >= 15 is 0 Å². The molecule has 3 nitrogen and oxygen atoms in total. The van der Waals surface area contributed by atoms with Crippen molar-refractivity contribution in [3.8, 4) is 0 Å². The van der Waals surface area contributed by atoms with Crippen molar-refractivity contribution in [2.75, 3.05) is 10.8 Å². The van der Waals surface area contributed by atoms with Crippen LogP contribution in [0.15, 0.2) is 51.8 Å².